The summed E-state index contributed by atoms with van der Waals surface area (Å²) >= 11 is 0. The van der Waals surface area contributed by atoms with E-state index in [1.54, 1.807) is 6.20 Å². The molecule has 7 heteroatoms. The molecule has 0 unspecified atom stereocenters. The van der Waals surface area contributed by atoms with Gasteiger partial charge in [-0.1, -0.05) is 20.8 Å². The van der Waals surface area contributed by atoms with Crippen molar-refractivity contribution in [2.24, 2.45) is 0 Å². The lowest BCUT2D eigenvalue weighted by Crippen LogP contribution is -2.22. The molecule has 20 heavy (non-hydrogen) atoms. The molecule has 0 aromatic carbocycles. The first-order valence-corrected chi connectivity index (χ1v) is 6.08. The molecule has 0 aliphatic carbocycles. The number of nitrogens with zero attached hydrogens (tertiary/aromatic N) is 3. The summed E-state index contributed by atoms with van der Waals surface area (Å²) in [5, 5.41) is 10.7. The molecular weight excluding hydrogens is 262 g/mol. The van der Waals surface area contributed by atoms with Gasteiger partial charge in [-0.2, -0.15) is 0 Å². The molecule has 2 heterocycles. The maximum Gasteiger partial charge on any atom is 0.334 e. The molecule has 2 aromatic heterocycles. The molecule has 0 radical (unpaired) electrons. The van der Waals surface area contributed by atoms with Gasteiger partial charge in [-0.05, 0) is 6.07 Å². The molecule has 0 bridgehead atoms. The average Bonchev–Trinajstić information content (AvgIpc) is 2.80. The Hall–Kier alpha value is -2.44. The fourth-order valence-corrected chi connectivity index (χ4v) is 1.66. The van der Waals surface area contributed by atoms with Gasteiger partial charge < -0.3 is 8.98 Å². The average molecular weight is 277 g/mol. The second-order valence-corrected chi connectivity index (χ2v) is 5.45. The van der Waals surface area contributed by atoms with Crippen LogP contribution in [0.2, 0.25) is 0 Å². The van der Waals surface area contributed by atoms with Gasteiger partial charge in [-0.25, -0.2) is 4.98 Å². The monoisotopic (exact) mass is 277 g/mol. The highest BCUT2D eigenvalue weighted by molar-refractivity contribution is 5.25. The van der Waals surface area contributed by atoms with E-state index in [4.69, 9.17) is 4.42 Å². The first-order chi connectivity index (χ1) is 9.29. The van der Waals surface area contributed by atoms with Gasteiger partial charge in [0.2, 0.25) is 5.89 Å². The van der Waals surface area contributed by atoms with Crippen molar-refractivity contribution in [3.63, 3.8) is 0 Å². The molecule has 2 rings (SSSR count). The Morgan fingerprint density at radius 3 is 2.70 bits per heavy atom. The molecule has 0 aliphatic heterocycles. The van der Waals surface area contributed by atoms with Gasteiger partial charge in [0, 0.05) is 17.7 Å². The first-order valence-electron chi connectivity index (χ1n) is 6.08. The van der Waals surface area contributed by atoms with Crippen LogP contribution in [0.4, 0.5) is 5.69 Å². The van der Waals surface area contributed by atoms with Crippen molar-refractivity contribution in [2.45, 2.75) is 32.7 Å². The van der Waals surface area contributed by atoms with Crippen LogP contribution < -0.4 is 5.56 Å². The number of nitro groups is 1. The van der Waals surface area contributed by atoms with Gasteiger partial charge in [-0.15, -0.1) is 0 Å². The second-order valence-electron chi connectivity index (χ2n) is 5.45. The van der Waals surface area contributed by atoms with Crippen molar-refractivity contribution in [3.8, 4) is 0 Å². The third-order valence-corrected chi connectivity index (χ3v) is 2.80. The van der Waals surface area contributed by atoms with Gasteiger partial charge in [0.05, 0.1) is 11.1 Å². The molecule has 0 fully saturated rings. The van der Waals surface area contributed by atoms with Crippen LogP contribution in [0, 0.1) is 10.1 Å². The third kappa shape index (κ3) is 2.76. The van der Waals surface area contributed by atoms with E-state index in [2.05, 4.69) is 4.98 Å². The van der Waals surface area contributed by atoms with Crippen molar-refractivity contribution in [1.82, 2.24) is 9.55 Å². The van der Waals surface area contributed by atoms with E-state index in [9.17, 15) is 14.9 Å². The van der Waals surface area contributed by atoms with Crippen LogP contribution in [0.5, 0.6) is 0 Å². The summed E-state index contributed by atoms with van der Waals surface area (Å²) in [5.41, 5.74) is -1.32. The Morgan fingerprint density at radius 1 is 1.45 bits per heavy atom. The van der Waals surface area contributed by atoms with Crippen LogP contribution in [0.1, 0.15) is 32.4 Å². The SMILES string of the molecule is CC(C)(C)c1cnc(Cn2cccc([N+](=O)[O-])c2=O)o1. The largest absolute Gasteiger partial charge is 0.443 e. The van der Waals surface area contributed by atoms with Crippen LogP contribution in [-0.2, 0) is 12.0 Å². The molecule has 2 aromatic rings. The maximum absolute atomic E-state index is 11.9. The fourth-order valence-electron chi connectivity index (χ4n) is 1.66. The molecule has 0 atom stereocenters. The number of pyridine rings is 1. The van der Waals surface area contributed by atoms with E-state index < -0.39 is 16.2 Å². The first kappa shape index (κ1) is 14.0. The minimum Gasteiger partial charge on any atom is -0.443 e. The van der Waals surface area contributed by atoms with Crippen LogP contribution >= 0.6 is 0 Å². The van der Waals surface area contributed by atoms with Gasteiger partial charge in [0.15, 0.2) is 0 Å². The zero-order chi connectivity index (χ0) is 14.9. The Balaban J connectivity index is 2.32. The number of hydrogen-bond donors (Lipinski definition) is 0. The van der Waals surface area contributed by atoms with Gasteiger partial charge in [0.1, 0.15) is 12.3 Å². The maximum atomic E-state index is 11.9. The molecule has 0 amide bonds. The smallest absolute Gasteiger partial charge is 0.334 e. The number of rotatable bonds is 3. The van der Waals surface area contributed by atoms with Gasteiger partial charge >= 0.3 is 11.2 Å². The third-order valence-electron chi connectivity index (χ3n) is 2.80. The molecule has 0 aliphatic rings. The highest BCUT2D eigenvalue weighted by Crippen LogP contribution is 2.22. The molecular formula is C13H15N3O4. The topological polar surface area (TPSA) is 91.2 Å². The zero-order valence-corrected chi connectivity index (χ0v) is 11.5. The van der Waals surface area contributed by atoms with Crippen molar-refractivity contribution in [3.05, 3.63) is 56.6 Å². The quantitative estimate of drug-likeness (QED) is 0.632. The summed E-state index contributed by atoms with van der Waals surface area (Å²) in [5.74, 6) is 1.04. The molecule has 106 valence electrons. The van der Waals surface area contributed by atoms with Crippen LogP contribution in [0.25, 0.3) is 0 Å². The number of hydrogen-bond acceptors (Lipinski definition) is 5. The lowest BCUT2D eigenvalue weighted by atomic mass is 9.94. The molecule has 0 saturated heterocycles. The van der Waals surface area contributed by atoms with E-state index >= 15 is 0 Å². The summed E-state index contributed by atoms with van der Waals surface area (Å²) < 4.78 is 6.77. The zero-order valence-electron chi connectivity index (χ0n) is 11.5. The summed E-state index contributed by atoms with van der Waals surface area (Å²) in [7, 11) is 0. The normalized spacial score (nSPS) is 11.6. The summed E-state index contributed by atoms with van der Waals surface area (Å²) in [4.78, 5) is 26.0. The second kappa shape index (κ2) is 4.92. The van der Waals surface area contributed by atoms with Gasteiger partial charge in [-0.3, -0.25) is 14.9 Å². The molecule has 0 saturated carbocycles. The van der Waals surface area contributed by atoms with E-state index in [1.807, 2.05) is 20.8 Å². The van der Waals surface area contributed by atoms with E-state index in [-0.39, 0.29) is 12.0 Å². The molecule has 0 N–H and O–H groups in total. The number of oxazole rings is 1. The lowest BCUT2D eigenvalue weighted by molar-refractivity contribution is -0.386. The predicted octanol–water partition coefficient (Wildman–Crippen LogP) is 2.09. The van der Waals surface area contributed by atoms with Crippen molar-refractivity contribution >= 4 is 5.69 Å². The highest BCUT2D eigenvalue weighted by atomic mass is 16.6. The number of aromatic nitrogens is 2. The van der Waals surface area contributed by atoms with E-state index in [1.165, 1.54) is 22.9 Å². The minimum absolute atomic E-state index is 0.0661. The summed E-state index contributed by atoms with van der Waals surface area (Å²) in [6.07, 6.45) is 3.08. The lowest BCUT2D eigenvalue weighted by Gasteiger charge is -2.13. The Kier molecular flexibility index (Phi) is 3.44. The summed E-state index contributed by atoms with van der Waals surface area (Å²) in [6.45, 7) is 6.01. The van der Waals surface area contributed by atoms with E-state index in [0.717, 1.165) is 0 Å². The molecule has 7 nitrogen and oxygen atoms in total. The Bertz CT molecular complexity index is 694. The van der Waals surface area contributed by atoms with Crippen LogP contribution in [0.15, 0.2) is 33.7 Å². The Morgan fingerprint density at radius 2 is 2.15 bits per heavy atom. The van der Waals surface area contributed by atoms with Crippen LogP contribution in [0.3, 0.4) is 0 Å². The van der Waals surface area contributed by atoms with Gasteiger partial charge in [0.25, 0.3) is 0 Å². The van der Waals surface area contributed by atoms with Crippen molar-refractivity contribution < 1.29 is 9.34 Å². The van der Waals surface area contributed by atoms with Crippen LogP contribution in [-0.4, -0.2) is 14.5 Å². The van der Waals surface area contributed by atoms with Crippen molar-refractivity contribution in [1.29, 1.82) is 0 Å². The minimum atomic E-state index is -0.699. The standard InChI is InChI=1S/C13H15N3O4/c1-13(2,3)10-7-14-11(20-10)8-15-6-4-5-9(12(15)17)16(18)19/h4-7H,8H2,1-3H3. The summed E-state index contributed by atoms with van der Waals surface area (Å²) in [6, 6.07) is 2.63. The molecule has 0 spiro atoms. The fraction of sp³-hybridized carbons (Fsp3) is 0.385. The highest BCUT2D eigenvalue weighted by Gasteiger charge is 2.20. The Labute approximate surface area is 115 Å². The predicted molar refractivity (Wildman–Crippen MR) is 71.7 cm³/mol. The van der Waals surface area contributed by atoms with Crippen molar-refractivity contribution in [2.75, 3.05) is 0 Å². The van der Waals surface area contributed by atoms with E-state index in [0.29, 0.717) is 11.7 Å².